The van der Waals surface area contributed by atoms with Crippen LogP contribution in [0.5, 0.6) is 0 Å². The molecule has 0 aromatic carbocycles. The van der Waals surface area contributed by atoms with Gasteiger partial charge < -0.3 is 4.42 Å². The Kier molecular flexibility index (Phi) is 3.10. The number of allylic oxidation sites excluding steroid dienone is 2. The molecule has 1 aliphatic rings. The first-order valence-corrected chi connectivity index (χ1v) is 5.90. The summed E-state index contributed by atoms with van der Waals surface area (Å²) in [5.41, 5.74) is 0.716. The molecule has 15 heavy (non-hydrogen) atoms. The van der Waals surface area contributed by atoms with Crippen molar-refractivity contribution in [3.63, 3.8) is 0 Å². The first-order valence-electron chi connectivity index (χ1n) is 5.11. The molecule has 0 fully saturated rings. The Morgan fingerprint density at radius 3 is 2.73 bits per heavy atom. The van der Waals surface area contributed by atoms with Crippen LogP contribution in [-0.4, -0.2) is 5.78 Å². The van der Waals surface area contributed by atoms with Gasteiger partial charge in [-0.1, -0.05) is 12.2 Å². The molecule has 0 saturated carbocycles. The van der Waals surface area contributed by atoms with Crippen LogP contribution in [0.3, 0.4) is 0 Å². The van der Waals surface area contributed by atoms with E-state index >= 15 is 0 Å². The van der Waals surface area contributed by atoms with Crippen molar-refractivity contribution in [2.45, 2.75) is 26.2 Å². The van der Waals surface area contributed by atoms with Gasteiger partial charge in [0.2, 0.25) is 0 Å². The molecule has 2 rings (SSSR count). The predicted molar refractivity (Wildman–Crippen MR) is 62.0 cm³/mol. The third-order valence-electron chi connectivity index (χ3n) is 2.77. The van der Waals surface area contributed by atoms with E-state index in [2.05, 4.69) is 28.1 Å². The minimum atomic E-state index is 0.190. The second-order valence-corrected chi connectivity index (χ2v) is 4.74. The molecule has 0 spiro atoms. The van der Waals surface area contributed by atoms with E-state index in [4.69, 9.17) is 4.42 Å². The molecule has 1 aliphatic carbocycles. The molecule has 0 N–H and O–H groups in total. The van der Waals surface area contributed by atoms with Crippen LogP contribution in [0.25, 0.3) is 0 Å². The maximum atomic E-state index is 11.9. The van der Waals surface area contributed by atoms with Crippen molar-refractivity contribution >= 4 is 21.7 Å². The van der Waals surface area contributed by atoms with Gasteiger partial charge in [0.25, 0.3) is 0 Å². The number of furan rings is 1. The molecule has 0 saturated heterocycles. The quantitative estimate of drug-likeness (QED) is 0.615. The molecular formula is C12H13BrO2. The molecule has 1 heterocycles. The number of hydrogen-bond donors (Lipinski definition) is 0. The van der Waals surface area contributed by atoms with Gasteiger partial charge in [-0.3, -0.25) is 4.79 Å². The molecule has 0 unspecified atom stereocenters. The van der Waals surface area contributed by atoms with Crippen LogP contribution < -0.4 is 0 Å². The lowest BCUT2D eigenvalue weighted by molar-refractivity contribution is 0.0962. The minimum Gasteiger partial charge on any atom is -0.454 e. The van der Waals surface area contributed by atoms with E-state index in [1.165, 1.54) is 0 Å². The zero-order valence-electron chi connectivity index (χ0n) is 8.63. The van der Waals surface area contributed by atoms with Gasteiger partial charge in [-0.25, -0.2) is 0 Å². The van der Waals surface area contributed by atoms with Gasteiger partial charge >= 0.3 is 0 Å². The highest BCUT2D eigenvalue weighted by Gasteiger charge is 2.19. The average Bonchev–Trinajstić information content (AvgIpc) is 2.75. The Hall–Kier alpha value is -0.830. The van der Waals surface area contributed by atoms with Crippen molar-refractivity contribution in [2.75, 3.05) is 0 Å². The molecule has 0 radical (unpaired) electrons. The number of carbonyl (C=O) groups excluding carboxylic acids is 1. The van der Waals surface area contributed by atoms with Crippen LogP contribution >= 0.6 is 15.9 Å². The maximum absolute atomic E-state index is 11.9. The second-order valence-electron chi connectivity index (χ2n) is 3.96. The highest BCUT2D eigenvalue weighted by molar-refractivity contribution is 9.10. The van der Waals surface area contributed by atoms with Crippen LogP contribution in [-0.2, 0) is 0 Å². The van der Waals surface area contributed by atoms with E-state index in [1.807, 2.05) is 6.92 Å². The molecular weight excluding hydrogens is 256 g/mol. The molecule has 2 nitrogen and oxygen atoms in total. The van der Waals surface area contributed by atoms with Crippen LogP contribution in [0.15, 0.2) is 27.3 Å². The fourth-order valence-electron chi connectivity index (χ4n) is 1.94. The van der Waals surface area contributed by atoms with Crippen LogP contribution in [0.4, 0.5) is 0 Å². The smallest absolute Gasteiger partial charge is 0.170 e. The van der Waals surface area contributed by atoms with Crippen LogP contribution in [0.2, 0.25) is 0 Å². The Morgan fingerprint density at radius 1 is 1.53 bits per heavy atom. The third kappa shape index (κ3) is 2.40. The Balaban J connectivity index is 2.04. The Bertz CT molecular complexity index is 396. The predicted octanol–water partition coefficient (Wildman–Crippen LogP) is 3.89. The van der Waals surface area contributed by atoms with E-state index in [-0.39, 0.29) is 5.78 Å². The highest BCUT2D eigenvalue weighted by Crippen LogP contribution is 2.26. The lowest BCUT2D eigenvalue weighted by atomic mass is 9.97. The van der Waals surface area contributed by atoms with Gasteiger partial charge in [-0.15, -0.1) is 0 Å². The summed E-state index contributed by atoms with van der Waals surface area (Å²) in [6, 6.07) is 1.76. The zero-order chi connectivity index (χ0) is 10.8. The number of carbonyl (C=O) groups is 1. The lowest BCUT2D eigenvalue weighted by Crippen LogP contribution is -2.06. The minimum absolute atomic E-state index is 0.190. The van der Waals surface area contributed by atoms with Crippen molar-refractivity contribution in [2.24, 2.45) is 5.92 Å². The van der Waals surface area contributed by atoms with Gasteiger partial charge in [0, 0.05) is 12.5 Å². The molecule has 80 valence electrons. The third-order valence-corrected chi connectivity index (χ3v) is 3.16. The summed E-state index contributed by atoms with van der Waals surface area (Å²) in [5.74, 6) is 1.39. The van der Waals surface area contributed by atoms with E-state index in [0.717, 1.165) is 12.8 Å². The largest absolute Gasteiger partial charge is 0.454 e. The van der Waals surface area contributed by atoms with Crippen LogP contribution in [0.1, 0.15) is 35.4 Å². The molecule has 0 aliphatic heterocycles. The Morgan fingerprint density at radius 2 is 2.20 bits per heavy atom. The fourth-order valence-corrected chi connectivity index (χ4v) is 2.41. The SMILES string of the molecule is Cc1oc(Br)cc1C(=O)CC1CC=CC1. The lowest BCUT2D eigenvalue weighted by Gasteiger charge is -2.06. The average molecular weight is 269 g/mol. The van der Waals surface area contributed by atoms with Gasteiger partial charge in [0.05, 0.1) is 5.56 Å². The van der Waals surface area contributed by atoms with Gasteiger partial charge in [0.15, 0.2) is 10.5 Å². The van der Waals surface area contributed by atoms with E-state index in [9.17, 15) is 4.79 Å². The number of aryl methyl sites for hydroxylation is 1. The zero-order valence-corrected chi connectivity index (χ0v) is 10.2. The summed E-state index contributed by atoms with van der Waals surface area (Å²) in [6.07, 6.45) is 6.99. The van der Waals surface area contributed by atoms with Crippen molar-refractivity contribution in [1.29, 1.82) is 0 Å². The topological polar surface area (TPSA) is 30.2 Å². The monoisotopic (exact) mass is 268 g/mol. The summed E-state index contributed by atoms with van der Waals surface area (Å²) >= 11 is 3.23. The van der Waals surface area contributed by atoms with Gasteiger partial charge in [-0.05, 0) is 41.6 Å². The first kappa shape index (κ1) is 10.7. The number of hydrogen-bond acceptors (Lipinski definition) is 2. The summed E-state index contributed by atoms with van der Waals surface area (Å²) in [4.78, 5) is 11.9. The number of Topliss-reactive ketones (excluding diaryl/α,β-unsaturated/α-hetero) is 1. The molecule has 3 heteroatoms. The Labute approximate surface area is 97.5 Å². The summed E-state index contributed by atoms with van der Waals surface area (Å²) < 4.78 is 5.91. The summed E-state index contributed by atoms with van der Waals surface area (Å²) in [7, 11) is 0. The number of halogens is 1. The molecule has 1 aromatic rings. The summed E-state index contributed by atoms with van der Waals surface area (Å²) in [5, 5.41) is 0. The normalized spacial score (nSPS) is 16.1. The second kappa shape index (κ2) is 4.35. The molecule has 1 aromatic heterocycles. The van der Waals surface area contributed by atoms with Gasteiger partial charge in [0.1, 0.15) is 5.76 Å². The van der Waals surface area contributed by atoms with E-state index in [0.29, 0.717) is 28.3 Å². The maximum Gasteiger partial charge on any atom is 0.170 e. The summed E-state index contributed by atoms with van der Waals surface area (Å²) in [6.45, 7) is 1.82. The van der Waals surface area contributed by atoms with E-state index < -0.39 is 0 Å². The van der Waals surface area contributed by atoms with Crippen molar-refractivity contribution in [1.82, 2.24) is 0 Å². The van der Waals surface area contributed by atoms with Gasteiger partial charge in [-0.2, -0.15) is 0 Å². The van der Waals surface area contributed by atoms with Crippen molar-refractivity contribution in [3.05, 3.63) is 34.2 Å². The molecule has 0 bridgehead atoms. The standard InChI is InChI=1S/C12H13BrO2/c1-8-10(7-12(13)15-8)11(14)6-9-4-2-3-5-9/h2-3,7,9H,4-6H2,1H3. The molecule has 0 atom stereocenters. The first-order chi connectivity index (χ1) is 7.16. The fraction of sp³-hybridized carbons (Fsp3) is 0.417. The van der Waals surface area contributed by atoms with Crippen molar-refractivity contribution < 1.29 is 9.21 Å². The highest BCUT2D eigenvalue weighted by atomic mass is 79.9. The molecule has 0 amide bonds. The van der Waals surface area contributed by atoms with Crippen LogP contribution in [0, 0.1) is 12.8 Å². The van der Waals surface area contributed by atoms with Crippen molar-refractivity contribution in [3.8, 4) is 0 Å². The number of rotatable bonds is 3. The van der Waals surface area contributed by atoms with E-state index in [1.54, 1.807) is 6.07 Å². The number of ketones is 1.